The number of benzene rings is 1. The Morgan fingerprint density at radius 2 is 2.19 bits per heavy atom. The van der Waals surface area contributed by atoms with Gasteiger partial charge in [-0.2, -0.15) is 5.10 Å². The molecule has 7 heteroatoms. The highest BCUT2D eigenvalue weighted by molar-refractivity contribution is 5.31. The molecule has 1 aromatic carbocycles. The van der Waals surface area contributed by atoms with Crippen molar-refractivity contribution in [1.29, 1.82) is 0 Å². The first-order chi connectivity index (χ1) is 13.3. The highest BCUT2D eigenvalue weighted by atomic mass is 16.5. The Morgan fingerprint density at radius 3 is 3.04 bits per heavy atom. The molecule has 27 heavy (non-hydrogen) atoms. The van der Waals surface area contributed by atoms with E-state index in [9.17, 15) is 0 Å². The zero-order valence-electron chi connectivity index (χ0n) is 15.3. The highest BCUT2D eigenvalue weighted by Crippen LogP contribution is 2.27. The Morgan fingerprint density at radius 1 is 1.22 bits per heavy atom. The molecule has 0 spiro atoms. The summed E-state index contributed by atoms with van der Waals surface area (Å²) in [6.07, 6.45) is 5.48. The van der Waals surface area contributed by atoms with Crippen molar-refractivity contribution >= 4 is 0 Å². The van der Waals surface area contributed by atoms with Crippen LogP contribution in [0.25, 0.3) is 5.82 Å². The fraction of sp³-hybridized carbons (Fsp3) is 0.300. The quantitative estimate of drug-likeness (QED) is 0.594. The molecule has 2 aromatic heterocycles. The molecule has 0 bridgehead atoms. The predicted molar refractivity (Wildman–Crippen MR) is 103 cm³/mol. The van der Waals surface area contributed by atoms with Gasteiger partial charge in [0.05, 0.1) is 13.2 Å². The van der Waals surface area contributed by atoms with E-state index in [2.05, 4.69) is 44.5 Å². The molecule has 2 atom stereocenters. The van der Waals surface area contributed by atoms with E-state index in [-0.39, 0.29) is 6.04 Å². The maximum Gasteiger partial charge on any atom is 0.153 e. The normalized spacial score (nSPS) is 19.3. The molecular formula is C20H24N6O. The maximum atomic E-state index is 5.35. The Bertz CT molecular complexity index is 866. The standard InChI is InChI=1S/C20H24N6O/c1-27-18-5-2-4-16(11-18)20-17(14-23-25-20)13-21-12-15-6-8-22-19(10-15)26-9-3-7-24-26/h2-11,17,20-21,23,25H,12-14H2,1H3. The van der Waals surface area contributed by atoms with Crippen LogP contribution in [0.1, 0.15) is 17.2 Å². The van der Waals surface area contributed by atoms with E-state index in [4.69, 9.17) is 4.74 Å². The average molecular weight is 364 g/mol. The molecule has 0 radical (unpaired) electrons. The lowest BCUT2D eigenvalue weighted by molar-refractivity contribution is 0.409. The number of hydrogen-bond acceptors (Lipinski definition) is 6. The van der Waals surface area contributed by atoms with Crippen LogP contribution < -0.4 is 20.9 Å². The van der Waals surface area contributed by atoms with Crippen LogP contribution in [-0.2, 0) is 6.54 Å². The van der Waals surface area contributed by atoms with Crippen molar-refractivity contribution in [3.63, 3.8) is 0 Å². The lowest BCUT2D eigenvalue weighted by Gasteiger charge is -2.20. The van der Waals surface area contributed by atoms with Crippen molar-refractivity contribution in [2.24, 2.45) is 5.92 Å². The molecule has 1 saturated heterocycles. The fourth-order valence-electron chi connectivity index (χ4n) is 3.42. The minimum Gasteiger partial charge on any atom is -0.497 e. The zero-order valence-corrected chi connectivity index (χ0v) is 15.3. The van der Waals surface area contributed by atoms with Crippen molar-refractivity contribution in [3.8, 4) is 11.6 Å². The summed E-state index contributed by atoms with van der Waals surface area (Å²) in [5.74, 6) is 2.16. The number of hydrogen-bond donors (Lipinski definition) is 3. The molecule has 4 rings (SSSR count). The van der Waals surface area contributed by atoms with Crippen LogP contribution in [0.15, 0.2) is 61.1 Å². The summed E-state index contributed by atoms with van der Waals surface area (Å²) >= 11 is 0. The Hall–Kier alpha value is -2.74. The van der Waals surface area contributed by atoms with Crippen molar-refractivity contribution in [3.05, 3.63) is 72.2 Å². The van der Waals surface area contributed by atoms with Gasteiger partial charge in [0.15, 0.2) is 5.82 Å². The number of pyridine rings is 1. The summed E-state index contributed by atoms with van der Waals surface area (Å²) in [5, 5.41) is 7.81. The van der Waals surface area contributed by atoms with Gasteiger partial charge in [0.25, 0.3) is 0 Å². The lowest BCUT2D eigenvalue weighted by atomic mass is 9.94. The van der Waals surface area contributed by atoms with Crippen LogP contribution in [0, 0.1) is 5.92 Å². The highest BCUT2D eigenvalue weighted by Gasteiger charge is 2.28. The van der Waals surface area contributed by atoms with E-state index in [0.29, 0.717) is 5.92 Å². The number of nitrogens with zero attached hydrogens (tertiary/aromatic N) is 3. The molecule has 0 aliphatic carbocycles. The fourth-order valence-corrected chi connectivity index (χ4v) is 3.42. The van der Waals surface area contributed by atoms with Crippen molar-refractivity contribution in [2.45, 2.75) is 12.6 Å². The summed E-state index contributed by atoms with van der Waals surface area (Å²) in [7, 11) is 1.70. The molecule has 1 fully saturated rings. The molecular weight excluding hydrogens is 340 g/mol. The third-order valence-electron chi connectivity index (χ3n) is 4.83. The summed E-state index contributed by atoms with van der Waals surface area (Å²) in [4.78, 5) is 4.38. The van der Waals surface area contributed by atoms with E-state index in [1.165, 1.54) is 11.1 Å². The SMILES string of the molecule is COc1cccc(C2NNCC2CNCc2ccnc(-n3cccn3)c2)c1. The molecule has 0 saturated carbocycles. The number of rotatable bonds is 7. The van der Waals surface area contributed by atoms with Gasteiger partial charge in [-0.3, -0.25) is 5.43 Å². The van der Waals surface area contributed by atoms with Gasteiger partial charge >= 0.3 is 0 Å². The monoisotopic (exact) mass is 364 g/mol. The van der Waals surface area contributed by atoms with E-state index >= 15 is 0 Å². The lowest BCUT2D eigenvalue weighted by Crippen LogP contribution is -2.28. The molecule has 140 valence electrons. The molecule has 3 N–H and O–H groups in total. The molecule has 3 heterocycles. The minimum atomic E-state index is 0.254. The third-order valence-corrected chi connectivity index (χ3v) is 4.83. The van der Waals surface area contributed by atoms with Crippen LogP contribution in [-0.4, -0.2) is 35.0 Å². The third kappa shape index (κ3) is 4.16. The zero-order chi connectivity index (χ0) is 18.5. The number of methoxy groups -OCH3 is 1. The summed E-state index contributed by atoms with van der Waals surface area (Å²) in [6, 6.07) is 14.5. The Labute approximate surface area is 158 Å². The van der Waals surface area contributed by atoms with Gasteiger partial charge in [-0.15, -0.1) is 0 Å². The second-order valence-corrected chi connectivity index (χ2v) is 6.64. The van der Waals surface area contributed by atoms with Gasteiger partial charge in [0, 0.05) is 44.1 Å². The molecule has 3 aromatic rings. The van der Waals surface area contributed by atoms with Gasteiger partial charge in [-0.25, -0.2) is 15.1 Å². The number of aromatic nitrogens is 3. The molecule has 1 aliphatic rings. The van der Waals surface area contributed by atoms with E-state index < -0.39 is 0 Å². The first-order valence-electron chi connectivity index (χ1n) is 9.11. The number of nitrogens with one attached hydrogen (secondary N) is 3. The largest absolute Gasteiger partial charge is 0.497 e. The maximum absolute atomic E-state index is 5.35. The number of ether oxygens (including phenoxy) is 1. The van der Waals surface area contributed by atoms with Gasteiger partial charge in [-0.1, -0.05) is 12.1 Å². The predicted octanol–water partition coefficient (Wildman–Crippen LogP) is 1.83. The first-order valence-corrected chi connectivity index (χ1v) is 9.11. The summed E-state index contributed by atoms with van der Waals surface area (Å²) < 4.78 is 7.12. The summed E-state index contributed by atoms with van der Waals surface area (Å²) in [6.45, 7) is 2.61. The second-order valence-electron chi connectivity index (χ2n) is 6.64. The van der Waals surface area contributed by atoms with Gasteiger partial charge in [-0.05, 0) is 41.5 Å². The number of hydrazine groups is 1. The molecule has 2 unspecified atom stereocenters. The van der Waals surface area contributed by atoms with Crippen LogP contribution in [0.2, 0.25) is 0 Å². The first kappa shape index (κ1) is 17.7. The van der Waals surface area contributed by atoms with Crippen molar-refractivity contribution in [2.75, 3.05) is 20.2 Å². The van der Waals surface area contributed by atoms with Crippen molar-refractivity contribution < 1.29 is 4.74 Å². The molecule has 7 nitrogen and oxygen atoms in total. The van der Waals surface area contributed by atoms with Crippen molar-refractivity contribution in [1.82, 2.24) is 30.9 Å². The van der Waals surface area contributed by atoms with Gasteiger partial charge < -0.3 is 10.1 Å². The topological polar surface area (TPSA) is 76.0 Å². The van der Waals surface area contributed by atoms with Crippen LogP contribution >= 0.6 is 0 Å². The molecule has 0 amide bonds. The molecule has 1 aliphatic heterocycles. The van der Waals surface area contributed by atoms with Crippen LogP contribution in [0.4, 0.5) is 0 Å². The van der Waals surface area contributed by atoms with Crippen LogP contribution in [0.3, 0.4) is 0 Å². The van der Waals surface area contributed by atoms with Gasteiger partial charge in [0.1, 0.15) is 5.75 Å². The van der Waals surface area contributed by atoms with Gasteiger partial charge in [0.2, 0.25) is 0 Å². The summed E-state index contributed by atoms with van der Waals surface area (Å²) in [5.41, 5.74) is 9.09. The average Bonchev–Trinajstić information content (AvgIpc) is 3.40. The smallest absolute Gasteiger partial charge is 0.153 e. The van der Waals surface area contributed by atoms with E-state index in [0.717, 1.165) is 31.2 Å². The van der Waals surface area contributed by atoms with E-state index in [1.54, 1.807) is 18.0 Å². The Kier molecular flexibility index (Phi) is 5.43. The second kappa shape index (κ2) is 8.30. The minimum absolute atomic E-state index is 0.254. The van der Waals surface area contributed by atoms with Crippen LogP contribution in [0.5, 0.6) is 5.75 Å². The van der Waals surface area contributed by atoms with E-state index in [1.807, 2.05) is 36.7 Å². The Balaban J connectivity index is 1.36.